The maximum Gasteiger partial charge on any atom is 0.291 e. The Bertz CT molecular complexity index is 775. The van der Waals surface area contributed by atoms with Crippen LogP contribution in [0.3, 0.4) is 0 Å². The van der Waals surface area contributed by atoms with Gasteiger partial charge in [0.25, 0.3) is 5.91 Å². The predicted octanol–water partition coefficient (Wildman–Crippen LogP) is 4.52. The molecule has 0 saturated carbocycles. The minimum Gasteiger partial charge on any atom is -0.486 e. The molecule has 0 aliphatic rings. The fourth-order valence-electron chi connectivity index (χ4n) is 1.56. The zero-order valence-electron chi connectivity index (χ0n) is 11.5. The average Bonchev–Trinajstić information content (AvgIpc) is 3.00. The van der Waals surface area contributed by atoms with Crippen molar-refractivity contribution in [3.05, 3.63) is 62.6 Å². The standard InChI is InChI=1S/C15H9BrCl2N2O3/c16-9-1-3-10(4-2-9)22-8-11-5-6-13(23-11)15(21)20-12(7-19)14(17)18/h1-6H,8H2,(H,20,21). The van der Waals surface area contributed by atoms with Crippen LogP contribution in [-0.2, 0) is 6.61 Å². The number of furan rings is 1. The Hall–Kier alpha value is -1.94. The molecular weight excluding hydrogens is 407 g/mol. The molecule has 0 bridgehead atoms. The molecule has 118 valence electrons. The highest BCUT2D eigenvalue weighted by Gasteiger charge is 2.14. The molecular formula is C15H9BrCl2N2O3. The third-order valence-corrected chi connectivity index (χ3v) is 3.53. The van der Waals surface area contributed by atoms with Crippen molar-refractivity contribution in [2.75, 3.05) is 0 Å². The van der Waals surface area contributed by atoms with Crippen molar-refractivity contribution < 1.29 is 13.9 Å². The maximum absolute atomic E-state index is 11.9. The molecule has 5 nitrogen and oxygen atoms in total. The van der Waals surface area contributed by atoms with Gasteiger partial charge in [0.1, 0.15) is 28.7 Å². The Kier molecular flexibility index (Phi) is 6.11. The number of hydrogen-bond acceptors (Lipinski definition) is 4. The Balaban J connectivity index is 1.98. The smallest absolute Gasteiger partial charge is 0.291 e. The number of carbonyl (C=O) groups excluding carboxylic acids is 1. The lowest BCUT2D eigenvalue weighted by Gasteiger charge is -2.04. The molecule has 0 fully saturated rings. The summed E-state index contributed by atoms with van der Waals surface area (Å²) in [5.41, 5.74) is -0.248. The Morgan fingerprint density at radius 1 is 1.26 bits per heavy atom. The highest BCUT2D eigenvalue weighted by molar-refractivity contribution is 9.10. The Labute approximate surface area is 150 Å². The van der Waals surface area contributed by atoms with E-state index in [0.717, 1.165) is 4.47 Å². The number of nitrogens with zero attached hydrogens (tertiary/aromatic N) is 1. The molecule has 8 heteroatoms. The van der Waals surface area contributed by atoms with Crippen molar-refractivity contribution in [2.45, 2.75) is 6.61 Å². The van der Waals surface area contributed by atoms with Crippen LogP contribution in [0, 0.1) is 11.3 Å². The molecule has 0 unspecified atom stereocenters. The summed E-state index contributed by atoms with van der Waals surface area (Å²) >= 11 is 14.3. The van der Waals surface area contributed by atoms with E-state index in [1.807, 2.05) is 12.1 Å². The summed E-state index contributed by atoms with van der Waals surface area (Å²) in [5, 5.41) is 11.0. The van der Waals surface area contributed by atoms with Crippen LogP contribution in [0.25, 0.3) is 0 Å². The lowest BCUT2D eigenvalue weighted by molar-refractivity contribution is 0.0936. The van der Waals surface area contributed by atoms with Crippen LogP contribution in [0.1, 0.15) is 16.3 Å². The number of amides is 1. The number of ether oxygens (including phenoxy) is 1. The van der Waals surface area contributed by atoms with E-state index < -0.39 is 5.91 Å². The summed E-state index contributed by atoms with van der Waals surface area (Å²) in [6.45, 7) is 0.159. The molecule has 0 spiro atoms. The quantitative estimate of drug-likeness (QED) is 0.728. The zero-order valence-corrected chi connectivity index (χ0v) is 14.6. The van der Waals surface area contributed by atoms with Crippen LogP contribution in [0.5, 0.6) is 5.75 Å². The van der Waals surface area contributed by atoms with Crippen molar-refractivity contribution in [2.24, 2.45) is 0 Å². The summed E-state index contributed by atoms with van der Waals surface area (Å²) < 4.78 is 11.5. The molecule has 2 rings (SSSR count). The Morgan fingerprint density at radius 2 is 1.96 bits per heavy atom. The van der Waals surface area contributed by atoms with Gasteiger partial charge in [-0.1, -0.05) is 39.1 Å². The van der Waals surface area contributed by atoms with E-state index in [1.165, 1.54) is 6.07 Å². The van der Waals surface area contributed by atoms with Gasteiger partial charge in [0.15, 0.2) is 11.5 Å². The number of carbonyl (C=O) groups is 1. The van der Waals surface area contributed by atoms with Crippen molar-refractivity contribution in [3.63, 3.8) is 0 Å². The fourth-order valence-corrected chi connectivity index (χ4v) is 2.00. The van der Waals surface area contributed by atoms with Gasteiger partial charge in [0, 0.05) is 4.47 Å². The van der Waals surface area contributed by atoms with Crippen molar-refractivity contribution in [3.8, 4) is 11.8 Å². The molecule has 1 aromatic carbocycles. The van der Waals surface area contributed by atoms with Crippen molar-refractivity contribution in [1.29, 1.82) is 5.26 Å². The van der Waals surface area contributed by atoms with Gasteiger partial charge in [-0.05, 0) is 36.4 Å². The van der Waals surface area contributed by atoms with Crippen LogP contribution in [0.2, 0.25) is 0 Å². The van der Waals surface area contributed by atoms with Gasteiger partial charge in [-0.2, -0.15) is 5.26 Å². The molecule has 0 aliphatic carbocycles. The minimum absolute atomic E-state index is 0.0155. The second-order valence-electron chi connectivity index (χ2n) is 4.21. The lowest BCUT2D eigenvalue weighted by atomic mass is 10.3. The van der Waals surface area contributed by atoms with Gasteiger partial charge < -0.3 is 14.5 Å². The molecule has 1 aromatic heterocycles. The highest BCUT2D eigenvalue weighted by atomic mass is 79.9. The molecule has 1 heterocycles. The number of hydrogen-bond donors (Lipinski definition) is 1. The van der Waals surface area contributed by atoms with E-state index in [-0.39, 0.29) is 22.6 Å². The van der Waals surface area contributed by atoms with Crippen LogP contribution in [-0.4, -0.2) is 5.91 Å². The van der Waals surface area contributed by atoms with E-state index in [0.29, 0.717) is 11.5 Å². The van der Waals surface area contributed by atoms with Gasteiger partial charge in [0.2, 0.25) is 0 Å². The average molecular weight is 416 g/mol. The Morgan fingerprint density at radius 3 is 2.57 bits per heavy atom. The van der Waals surface area contributed by atoms with Crippen LogP contribution in [0.4, 0.5) is 0 Å². The molecule has 1 amide bonds. The third-order valence-electron chi connectivity index (χ3n) is 2.62. The number of halogens is 3. The van der Waals surface area contributed by atoms with Gasteiger partial charge in [0.05, 0.1) is 0 Å². The highest BCUT2D eigenvalue weighted by Crippen LogP contribution is 2.18. The normalized spacial score (nSPS) is 9.83. The number of allylic oxidation sites excluding steroid dienone is 1. The van der Waals surface area contributed by atoms with Gasteiger partial charge in [-0.25, -0.2) is 0 Å². The lowest BCUT2D eigenvalue weighted by Crippen LogP contribution is -2.21. The molecule has 0 aliphatic heterocycles. The first-order valence-corrected chi connectivity index (χ1v) is 7.78. The van der Waals surface area contributed by atoms with E-state index in [1.54, 1.807) is 24.3 Å². The molecule has 0 atom stereocenters. The van der Waals surface area contributed by atoms with E-state index in [9.17, 15) is 4.79 Å². The summed E-state index contributed by atoms with van der Waals surface area (Å²) in [5.74, 6) is 0.508. The van der Waals surface area contributed by atoms with Crippen molar-refractivity contribution >= 4 is 45.0 Å². The van der Waals surface area contributed by atoms with Crippen LogP contribution >= 0.6 is 39.1 Å². The minimum atomic E-state index is -0.629. The SMILES string of the molecule is N#CC(NC(=O)c1ccc(COc2ccc(Br)cc2)o1)=C(Cl)Cl. The summed E-state index contributed by atoms with van der Waals surface area (Å²) in [6, 6.07) is 12.0. The van der Waals surface area contributed by atoms with Gasteiger partial charge in [-0.3, -0.25) is 4.79 Å². The van der Waals surface area contributed by atoms with E-state index in [2.05, 4.69) is 21.2 Å². The largest absolute Gasteiger partial charge is 0.486 e. The first kappa shape index (κ1) is 17.4. The first-order valence-electron chi connectivity index (χ1n) is 6.23. The van der Waals surface area contributed by atoms with Gasteiger partial charge in [-0.15, -0.1) is 0 Å². The monoisotopic (exact) mass is 414 g/mol. The van der Waals surface area contributed by atoms with Crippen LogP contribution < -0.4 is 10.1 Å². The molecule has 0 saturated heterocycles. The van der Waals surface area contributed by atoms with E-state index >= 15 is 0 Å². The van der Waals surface area contributed by atoms with Crippen molar-refractivity contribution in [1.82, 2.24) is 5.32 Å². The first-order chi connectivity index (χ1) is 11.0. The zero-order chi connectivity index (χ0) is 16.8. The second kappa shape index (κ2) is 8.06. The number of nitriles is 1. The maximum atomic E-state index is 11.9. The summed E-state index contributed by atoms with van der Waals surface area (Å²) in [4.78, 5) is 11.9. The molecule has 23 heavy (non-hydrogen) atoms. The topological polar surface area (TPSA) is 75.3 Å². The fraction of sp³-hybridized carbons (Fsp3) is 0.0667. The number of benzene rings is 1. The molecule has 2 aromatic rings. The molecule has 0 radical (unpaired) electrons. The van der Waals surface area contributed by atoms with Gasteiger partial charge >= 0.3 is 0 Å². The predicted molar refractivity (Wildman–Crippen MR) is 89.0 cm³/mol. The second-order valence-corrected chi connectivity index (χ2v) is 6.07. The molecule has 1 N–H and O–H groups in total. The summed E-state index contributed by atoms with van der Waals surface area (Å²) in [7, 11) is 0. The third kappa shape index (κ3) is 5.03. The van der Waals surface area contributed by atoms with Crippen LogP contribution in [0.15, 0.2) is 55.5 Å². The van der Waals surface area contributed by atoms with E-state index in [4.69, 9.17) is 37.6 Å². The summed E-state index contributed by atoms with van der Waals surface area (Å²) in [6.07, 6.45) is 0. The number of nitrogens with one attached hydrogen (secondary N) is 1. The number of rotatable bonds is 5.